The number of hydrogen-bond donors (Lipinski definition) is 0. The van der Waals surface area contributed by atoms with Crippen LogP contribution in [0.4, 0.5) is 0 Å². The van der Waals surface area contributed by atoms with E-state index >= 15 is 0 Å². The number of rotatable bonds is 1. The van der Waals surface area contributed by atoms with E-state index in [2.05, 4.69) is 59.8 Å². The van der Waals surface area contributed by atoms with E-state index in [1.165, 1.54) is 38.5 Å². The van der Waals surface area contributed by atoms with Gasteiger partial charge in [0.2, 0.25) is 0 Å². The number of carbonyl (C=O) groups excluding carboxylic acids is 1. The van der Waals surface area contributed by atoms with E-state index < -0.39 is 0 Å². The third-order valence-corrected chi connectivity index (χ3v) is 11.0. The molecule has 2 saturated carbocycles. The van der Waals surface area contributed by atoms with Crippen molar-refractivity contribution in [1.29, 1.82) is 0 Å². The lowest BCUT2D eigenvalue weighted by molar-refractivity contribution is -0.151. The quantitative estimate of drug-likeness (QED) is 0.358. The summed E-state index contributed by atoms with van der Waals surface area (Å²) in [6, 6.07) is 0. The number of hydrogen-bond acceptors (Lipinski definition) is 2. The monoisotopic (exact) mass is 396 g/mol. The van der Waals surface area contributed by atoms with Gasteiger partial charge in [-0.2, -0.15) is 0 Å². The Balaban J connectivity index is 1.55. The fourth-order valence-electron chi connectivity index (χ4n) is 9.28. The molecule has 5 rings (SSSR count). The van der Waals surface area contributed by atoms with E-state index in [-0.39, 0.29) is 17.0 Å². The molecule has 2 heteroatoms. The Bertz CT molecular complexity index is 805. The van der Waals surface area contributed by atoms with Crippen molar-refractivity contribution in [2.24, 2.45) is 39.4 Å². The fourth-order valence-corrected chi connectivity index (χ4v) is 9.28. The molecule has 5 aliphatic rings. The highest BCUT2D eigenvalue weighted by Crippen LogP contribution is 2.74. The van der Waals surface area contributed by atoms with E-state index in [4.69, 9.17) is 4.74 Å². The van der Waals surface area contributed by atoms with Crippen molar-refractivity contribution in [3.63, 3.8) is 0 Å². The van der Waals surface area contributed by atoms with Crippen molar-refractivity contribution in [3.05, 3.63) is 23.8 Å². The standard InChI is InChI=1S/C27H40O2/c1-23(2)13-7-14-24(3)20(23)11-16-26(5)21(24)9-8-18-19(10-15-25(18,26)4)27(6)17-12-22(28)29-27/h7-8,13,19-21H,9-12,14-17H2,1-6H3. The minimum absolute atomic E-state index is 0.00541. The van der Waals surface area contributed by atoms with Crippen LogP contribution in [0.1, 0.15) is 92.9 Å². The molecule has 160 valence electrons. The summed E-state index contributed by atoms with van der Waals surface area (Å²) < 4.78 is 5.94. The lowest BCUT2D eigenvalue weighted by Gasteiger charge is -2.66. The fraction of sp³-hybridized carbons (Fsp3) is 0.815. The number of ether oxygens (including phenoxy) is 1. The third kappa shape index (κ3) is 2.38. The lowest BCUT2D eigenvalue weighted by atomic mass is 9.38. The van der Waals surface area contributed by atoms with Crippen LogP contribution in [-0.4, -0.2) is 11.6 Å². The van der Waals surface area contributed by atoms with Crippen molar-refractivity contribution < 1.29 is 9.53 Å². The molecule has 3 fully saturated rings. The Morgan fingerprint density at radius 3 is 2.41 bits per heavy atom. The first-order valence-corrected chi connectivity index (χ1v) is 12.1. The van der Waals surface area contributed by atoms with Crippen molar-refractivity contribution >= 4 is 5.97 Å². The van der Waals surface area contributed by atoms with Crippen LogP contribution in [0, 0.1) is 39.4 Å². The van der Waals surface area contributed by atoms with Crippen LogP contribution in [-0.2, 0) is 9.53 Å². The molecule has 7 atom stereocenters. The molecule has 1 saturated heterocycles. The first-order chi connectivity index (χ1) is 13.5. The minimum Gasteiger partial charge on any atom is -0.459 e. The number of carbonyl (C=O) groups is 1. The van der Waals surface area contributed by atoms with Crippen LogP contribution >= 0.6 is 0 Å². The Kier molecular flexibility index (Phi) is 3.98. The maximum absolute atomic E-state index is 12.0. The van der Waals surface area contributed by atoms with Gasteiger partial charge in [-0.3, -0.25) is 4.79 Å². The van der Waals surface area contributed by atoms with E-state index in [0.29, 0.717) is 28.6 Å². The third-order valence-electron chi connectivity index (χ3n) is 11.0. The molecule has 2 nitrogen and oxygen atoms in total. The van der Waals surface area contributed by atoms with E-state index in [0.717, 1.165) is 18.3 Å². The summed E-state index contributed by atoms with van der Waals surface area (Å²) in [5.74, 6) is 1.95. The normalized spacial score (nSPS) is 53.0. The van der Waals surface area contributed by atoms with Crippen LogP contribution < -0.4 is 0 Å². The molecule has 0 aromatic carbocycles. The van der Waals surface area contributed by atoms with Gasteiger partial charge in [-0.25, -0.2) is 0 Å². The molecule has 4 aliphatic carbocycles. The molecule has 0 amide bonds. The van der Waals surface area contributed by atoms with Crippen LogP contribution in [0.15, 0.2) is 23.8 Å². The van der Waals surface area contributed by atoms with Gasteiger partial charge in [-0.1, -0.05) is 58.4 Å². The molecule has 0 aromatic rings. The molecule has 0 radical (unpaired) electrons. The summed E-state index contributed by atoms with van der Waals surface area (Å²) in [5.41, 5.74) is 2.65. The maximum atomic E-state index is 12.0. The van der Waals surface area contributed by atoms with E-state index in [9.17, 15) is 4.79 Å². The van der Waals surface area contributed by atoms with Gasteiger partial charge in [-0.05, 0) is 85.4 Å². The van der Waals surface area contributed by atoms with Crippen molar-refractivity contribution in [1.82, 2.24) is 0 Å². The Morgan fingerprint density at radius 1 is 0.966 bits per heavy atom. The molecule has 29 heavy (non-hydrogen) atoms. The second-order valence-corrected chi connectivity index (χ2v) is 12.6. The number of esters is 1. The molecular formula is C27H40O2. The van der Waals surface area contributed by atoms with Crippen LogP contribution in [0.2, 0.25) is 0 Å². The van der Waals surface area contributed by atoms with Crippen LogP contribution in [0.5, 0.6) is 0 Å². The molecule has 0 bridgehead atoms. The van der Waals surface area contributed by atoms with Crippen molar-refractivity contribution in [3.8, 4) is 0 Å². The maximum Gasteiger partial charge on any atom is 0.306 e. The molecule has 1 heterocycles. The zero-order valence-corrected chi connectivity index (χ0v) is 19.4. The summed E-state index contributed by atoms with van der Waals surface area (Å²) >= 11 is 0. The van der Waals surface area contributed by atoms with E-state index in [1.54, 1.807) is 5.57 Å². The number of fused-ring (bicyclic) bond motifs is 5. The molecule has 0 aromatic heterocycles. The topological polar surface area (TPSA) is 26.3 Å². The van der Waals surface area contributed by atoms with Gasteiger partial charge < -0.3 is 4.74 Å². The van der Waals surface area contributed by atoms with Gasteiger partial charge in [0.05, 0.1) is 0 Å². The van der Waals surface area contributed by atoms with Gasteiger partial charge in [0.1, 0.15) is 5.60 Å². The van der Waals surface area contributed by atoms with Gasteiger partial charge in [0.15, 0.2) is 0 Å². The Labute approximate surface area is 177 Å². The zero-order chi connectivity index (χ0) is 20.9. The largest absolute Gasteiger partial charge is 0.459 e. The van der Waals surface area contributed by atoms with Gasteiger partial charge >= 0.3 is 5.97 Å². The zero-order valence-electron chi connectivity index (χ0n) is 19.4. The first-order valence-electron chi connectivity index (χ1n) is 12.1. The first kappa shape index (κ1) is 19.9. The molecule has 1 aliphatic heterocycles. The van der Waals surface area contributed by atoms with Crippen molar-refractivity contribution in [2.45, 2.75) is 98.5 Å². The van der Waals surface area contributed by atoms with E-state index in [1.807, 2.05) is 0 Å². The Hall–Kier alpha value is -1.05. The lowest BCUT2D eigenvalue weighted by Crippen LogP contribution is -2.59. The van der Waals surface area contributed by atoms with Gasteiger partial charge in [-0.15, -0.1) is 0 Å². The predicted octanol–water partition coefficient (Wildman–Crippen LogP) is 6.85. The summed E-state index contributed by atoms with van der Waals surface area (Å²) in [4.78, 5) is 12.0. The number of cyclic esters (lactones) is 1. The second kappa shape index (κ2) is 5.80. The average molecular weight is 397 g/mol. The predicted molar refractivity (Wildman–Crippen MR) is 117 cm³/mol. The second-order valence-electron chi connectivity index (χ2n) is 12.6. The van der Waals surface area contributed by atoms with Crippen LogP contribution in [0.3, 0.4) is 0 Å². The summed E-state index contributed by atoms with van der Waals surface area (Å²) in [5, 5.41) is 0. The Morgan fingerprint density at radius 2 is 1.72 bits per heavy atom. The van der Waals surface area contributed by atoms with Crippen LogP contribution in [0.25, 0.3) is 0 Å². The van der Waals surface area contributed by atoms with Crippen molar-refractivity contribution in [2.75, 3.05) is 0 Å². The highest BCUT2D eigenvalue weighted by molar-refractivity contribution is 5.72. The highest BCUT2D eigenvalue weighted by Gasteiger charge is 2.66. The average Bonchev–Trinajstić information content (AvgIpc) is 3.15. The SMILES string of the molecule is CC1(C)C=CCC2(C)C1CCC1(C)C2CC=C2C(C3(C)CCC(=O)O3)CCC21C. The van der Waals surface area contributed by atoms with Gasteiger partial charge in [0, 0.05) is 12.3 Å². The highest BCUT2D eigenvalue weighted by atomic mass is 16.6. The minimum atomic E-state index is -0.277. The summed E-state index contributed by atoms with van der Waals surface area (Å²) in [6.07, 6.45) is 16.7. The number of allylic oxidation sites excluding steroid dienone is 3. The smallest absolute Gasteiger partial charge is 0.306 e. The summed E-state index contributed by atoms with van der Waals surface area (Å²) in [7, 11) is 0. The summed E-state index contributed by atoms with van der Waals surface area (Å²) in [6.45, 7) is 14.9. The molecule has 0 N–H and O–H groups in total. The molecule has 7 unspecified atom stereocenters. The molecule has 0 spiro atoms. The molecular weight excluding hydrogens is 356 g/mol. The van der Waals surface area contributed by atoms with Gasteiger partial charge in [0.25, 0.3) is 0 Å².